The van der Waals surface area contributed by atoms with E-state index in [9.17, 15) is 18.0 Å². The highest BCUT2D eigenvalue weighted by atomic mass is 32.2. The summed E-state index contributed by atoms with van der Waals surface area (Å²) in [6, 6.07) is 0.171. The lowest BCUT2D eigenvalue weighted by Gasteiger charge is -2.23. The van der Waals surface area contributed by atoms with Gasteiger partial charge in [0.15, 0.2) is 9.84 Å². The van der Waals surface area contributed by atoms with Crippen LogP contribution in [0.3, 0.4) is 0 Å². The second-order valence-electron chi connectivity index (χ2n) is 5.44. The molecular formula is C12H19NO5S. The molecule has 2 aliphatic rings. The van der Waals surface area contributed by atoms with Gasteiger partial charge in [-0.1, -0.05) is 0 Å². The summed E-state index contributed by atoms with van der Waals surface area (Å²) in [5, 5.41) is 8.68. The number of sulfone groups is 1. The van der Waals surface area contributed by atoms with Crippen LogP contribution >= 0.6 is 0 Å². The van der Waals surface area contributed by atoms with Gasteiger partial charge in [0.05, 0.1) is 17.9 Å². The van der Waals surface area contributed by atoms with E-state index in [1.165, 1.54) is 0 Å². The summed E-state index contributed by atoms with van der Waals surface area (Å²) in [6.45, 7) is 0.234. The average molecular weight is 289 g/mol. The maximum absolute atomic E-state index is 12.1. The van der Waals surface area contributed by atoms with Gasteiger partial charge in [-0.05, 0) is 25.2 Å². The first-order valence-electron chi connectivity index (χ1n) is 6.59. The van der Waals surface area contributed by atoms with Crippen LogP contribution in [-0.2, 0) is 19.4 Å². The molecule has 1 unspecified atom stereocenters. The molecule has 0 aromatic heterocycles. The molecule has 1 saturated heterocycles. The molecule has 0 aromatic carbocycles. The van der Waals surface area contributed by atoms with E-state index < -0.39 is 15.8 Å². The highest BCUT2D eigenvalue weighted by Gasteiger charge is 2.35. The van der Waals surface area contributed by atoms with Gasteiger partial charge in [0, 0.05) is 19.0 Å². The molecule has 6 nitrogen and oxygen atoms in total. The number of hydrogen-bond donors (Lipinski definition) is 1. The van der Waals surface area contributed by atoms with Crippen LogP contribution in [-0.4, -0.2) is 54.4 Å². The Labute approximate surface area is 112 Å². The number of carboxylic acid groups (broad SMARTS) is 1. The lowest BCUT2D eigenvalue weighted by atomic mass is 10.0. The van der Waals surface area contributed by atoms with Crippen LogP contribution < -0.4 is 0 Å². The molecule has 7 heteroatoms. The zero-order valence-corrected chi connectivity index (χ0v) is 11.6. The van der Waals surface area contributed by atoms with Gasteiger partial charge in [0.25, 0.3) is 0 Å². The maximum atomic E-state index is 12.1. The van der Waals surface area contributed by atoms with Gasteiger partial charge < -0.3 is 10.0 Å². The van der Waals surface area contributed by atoms with Crippen LogP contribution in [0.1, 0.15) is 32.1 Å². The minimum atomic E-state index is -2.96. The molecule has 0 radical (unpaired) electrons. The quantitative estimate of drug-likeness (QED) is 0.758. The Morgan fingerprint density at radius 3 is 2.37 bits per heavy atom. The van der Waals surface area contributed by atoms with Crippen molar-refractivity contribution in [1.29, 1.82) is 0 Å². The monoisotopic (exact) mass is 289 g/mol. The summed E-state index contributed by atoms with van der Waals surface area (Å²) in [7, 11) is -2.96. The van der Waals surface area contributed by atoms with Crippen molar-refractivity contribution < 1.29 is 23.1 Å². The number of nitrogens with zero attached hydrogens (tertiary/aromatic N) is 1. The van der Waals surface area contributed by atoms with E-state index in [2.05, 4.69) is 0 Å². The van der Waals surface area contributed by atoms with Crippen molar-refractivity contribution in [2.24, 2.45) is 5.92 Å². The molecule has 0 spiro atoms. The fourth-order valence-electron chi connectivity index (χ4n) is 2.51. The number of amides is 1. The van der Waals surface area contributed by atoms with Crippen molar-refractivity contribution in [3.05, 3.63) is 0 Å². The summed E-state index contributed by atoms with van der Waals surface area (Å²) >= 11 is 0. The molecule has 19 heavy (non-hydrogen) atoms. The first-order chi connectivity index (χ1) is 8.87. The summed E-state index contributed by atoms with van der Waals surface area (Å²) in [5.41, 5.74) is 0. The van der Waals surface area contributed by atoms with Gasteiger partial charge in [-0.2, -0.15) is 0 Å². The molecular weight excluding hydrogens is 270 g/mol. The second kappa shape index (κ2) is 5.48. The van der Waals surface area contributed by atoms with Gasteiger partial charge in [-0.15, -0.1) is 0 Å². The van der Waals surface area contributed by atoms with Gasteiger partial charge in [-0.3, -0.25) is 9.59 Å². The molecule has 1 heterocycles. The predicted molar refractivity (Wildman–Crippen MR) is 68.4 cm³/mol. The zero-order valence-electron chi connectivity index (χ0n) is 10.7. The Morgan fingerprint density at radius 2 is 1.89 bits per heavy atom. The Bertz CT molecular complexity index is 469. The number of carboxylic acids is 1. The summed E-state index contributed by atoms with van der Waals surface area (Å²) in [4.78, 5) is 24.3. The lowest BCUT2D eigenvalue weighted by molar-refractivity contribution is -0.138. The number of aliphatic carboxylic acids is 1. The van der Waals surface area contributed by atoms with E-state index >= 15 is 0 Å². The van der Waals surface area contributed by atoms with Crippen LogP contribution in [0.25, 0.3) is 0 Å². The van der Waals surface area contributed by atoms with E-state index in [4.69, 9.17) is 5.11 Å². The van der Waals surface area contributed by atoms with Crippen LogP contribution in [0.2, 0.25) is 0 Å². The minimum absolute atomic E-state index is 0.0504. The summed E-state index contributed by atoms with van der Waals surface area (Å²) in [5.74, 6) is -0.837. The van der Waals surface area contributed by atoms with E-state index in [1.807, 2.05) is 0 Å². The van der Waals surface area contributed by atoms with Gasteiger partial charge in [0.2, 0.25) is 5.91 Å². The highest BCUT2D eigenvalue weighted by molar-refractivity contribution is 7.91. The number of carbonyl (C=O) groups excluding carboxylic acids is 1. The van der Waals surface area contributed by atoms with Crippen molar-refractivity contribution in [1.82, 2.24) is 4.90 Å². The maximum Gasteiger partial charge on any atom is 0.305 e. The van der Waals surface area contributed by atoms with Crippen molar-refractivity contribution >= 4 is 21.7 Å². The van der Waals surface area contributed by atoms with E-state index in [0.717, 1.165) is 12.8 Å². The third kappa shape index (κ3) is 4.19. The standard InChI is InChI=1S/C12H19NO5S/c14-11(7-9-4-6-19(17,18)8-9)13(10-1-2-10)5-3-12(15)16/h9-10H,1-8H2,(H,15,16). The van der Waals surface area contributed by atoms with Gasteiger partial charge in [0.1, 0.15) is 0 Å². The van der Waals surface area contributed by atoms with Crippen LogP contribution in [0.5, 0.6) is 0 Å². The average Bonchev–Trinajstić information content (AvgIpc) is 3.05. The van der Waals surface area contributed by atoms with Crippen molar-refractivity contribution in [3.63, 3.8) is 0 Å². The van der Waals surface area contributed by atoms with E-state index in [1.54, 1.807) is 4.90 Å². The third-order valence-corrected chi connectivity index (χ3v) is 5.50. The molecule has 1 amide bonds. The van der Waals surface area contributed by atoms with Crippen molar-refractivity contribution in [3.8, 4) is 0 Å². The Balaban J connectivity index is 1.87. The first kappa shape index (κ1) is 14.3. The fraction of sp³-hybridized carbons (Fsp3) is 0.833. The molecule has 1 saturated carbocycles. The topological polar surface area (TPSA) is 91.8 Å². The molecule has 1 atom stereocenters. The fourth-order valence-corrected chi connectivity index (χ4v) is 4.37. The third-order valence-electron chi connectivity index (χ3n) is 3.66. The van der Waals surface area contributed by atoms with Crippen LogP contribution in [0, 0.1) is 5.92 Å². The molecule has 1 aliphatic heterocycles. The second-order valence-corrected chi connectivity index (χ2v) is 7.66. The molecule has 0 bridgehead atoms. The highest BCUT2D eigenvalue weighted by Crippen LogP contribution is 2.29. The summed E-state index contributed by atoms with van der Waals surface area (Å²) in [6.07, 6.45) is 2.58. The van der Waals surface area contributed by atoms with E-state index in [-0.39, 0.29) is 48.8 Å². The zero-order chi connectivity index (χ0) is 14.0. The number of hydrogen-bond acceptors (Lipinski definition) is 4. The molecule has 108 valence electrons. The van der Waals surface area contributed by atoms with Gasteiger partial charge in [-0.25, -0.2) is 8.42 Å². The molecule has 2 rings (SSSR count). The Hall–Kier alpha value is -1.11. The molecule has 1 aliphatic carbocycles. The predicted octanol–water partition coefficient (Wildman–Crippen LogP) is 0.277. The smallest absolute Gasteiger partial charge is 0.305 e. The Morgan fingerprint density at radius 1 is 1.21 bits per heavy atom. The van der Waals surface area contributed by atoms with E-state index in [0.29, 0.717) is 6.42 Å². The lowest BCUT2D eigenvalue weighted by Crippen LogP contribution is -2.36. The van der Waals surface area contributed by atoms with Crippen molar-refractivity contribution in [2.75, 3.05) is 18.1 Å². The van der Waals surface area contributed by atoms with Gasteiger partial charge >= 0.3 is 5.97 Å². The number of rotatable bonds is 6. The first-order valence-corrected chi connectivity index (χ1v) is 8.41. The van der Waals surface area contributed by atoms with Crippen molar-refractivity contribution in [2.45, 2.75) is 38.1 Å². The van der Waals surface area contributed by atoms with Crippen LogP contribution in [0.4, 0.5) is 0 Å². The normalized spacial score (nSPS) is 25.2. The summed E-state index contributed by atoms with van der Waals surface area (Å²) < 4.78 is 22.7. The largest absolute Gasteiger partial charge is 0.481 e. The van der Waals surface area contributed by atoms with Crippen LogP contribution in [0.15, 0.2) is 0 Å². The Kier molecular flexibility index (Phi) is 4.13. The molecule has 0 aromatic rings. The SMILES string of the molecule is O=C(O)CCN(C(=O)CC1CCS(=O)(=O)C1)C1CC1. The number of carbonyl (C=O) groups is 2. The molecule has 1 N–H and O–H groups in total. The molecule has 2 fully saturated rings. The minimum Gasteiger partial charge on any atom is -0.481 e.